The average Bonchev–Trinajstić information content (AvgIpc) is 2.61. The third kappa shape index (κ3) is 4.63. The first-order valence-corrected chi connectivity index (χ1v) is 7.86. The Morgan fingerprint density at radius 2 is 1.96 bits per heavy atom. The van der Waals surface area contributed by atoms with Crippen molar-refractivity contribution in [1.29, 1.82) is 0 Å². The maximum absolute atomic E-state index is 13.6. The van der Waals surface area contributed by atoms with Crippen LogP contribution in [0.25, 0.3) is 0 Å². The predicted molar refractivity (Wildman–Crippen MR) is 90.8 cm³/mol. The van der Waals surface area contributed by atoms with Crippen molar-refractivity contribution in [1.82, 2.24) is 5.32 Å². The molecule has 2 aromatic carbocycles. The predicted octanol–water partition coefficient (Wildman–Crippen LogP) is 3.12. The van der Waals surface area contributed by atoms with E-state index in [1.807, 2.05) is 37.3 Å². The summed E-state index contributed by atoms with van der Waals surface area (Å²) < 4.78 is 18.5. The molecule has 4 nitrogen and oxygen atoms in total. The molecule has 0 radical (unpaired) electrons. The topological polar surface area (TPSA) is 58.6 Å². The number of methoxy groups -OCH3 is 1. The number of hydrogen-bond donors (Lipinski definition) is 2. The van der Waals surface area contributed by atoms with Gasteiger partial charge < -0.3 is 15.2 Å². The summed E-state index contributed by atoms with van der Waals surface area (Å²) in [6.45, 7) is 2.26. The van der Waals surface area contributed by atoms with Gasteiger partial charge in [0, 0.05) is 24.6 Å². The number of aliphatic hydroxyl groups is 1. The summed E-state index contributed by atoms with van der Waals surface area (Å²) in [5.74, 6) is -0.598. The van der Waals surface area contributed by atoms with Gasteiger partial charge in [-0.3, -0.25) is 4.79 Å². The van der Waals surface area contributed by atoms with Gasteiger partial charge >= 0.3 is 0 Å². The molecule has 0 aliphatic heterocycles. The maximum Gasteiger partial charge on any atom is 0.165 e. The van der Waals surface area contributed by atoms with Crippen molar-refractivity contribution in [3.8, 4) is 5.75 Å². The van der Waals surface area contributed by atoms with E-state index in [0.29, 0.717) is 12.1 Å². The summed E-state index contributed by atoms with van der Waals surface area (Å²) in [5.41, 5.74) is 1.13. The van der Waals surface area contributed by atoms with Crippen LogP contribution in [-0.2, 0) is 0 Å². The van der Waals surface area contributed by atoms with E-state index >= 15 is 0 Å². The molecule has 2 N–H and O–H groups in total. The number of Topliss-reactive ketones (excluding diaryl/α,β-unsaturated/α-hetero) is 1. The summed E-state index contributed by atoms with van der Waals surface area (Å²) in [5, 5.41) is 13.4. The zero-order valence-corrected chi connectivity index (χ0v) is 13.8. The molecule has 0 aliphatic rings. The van der Waals surface area contributed by atoms with Gasteiger partial charge in [-0.15, -0.1) is 0 Å². The standard InChI is InChI=1S/C19H22FNO3/c1-13(19(23)14-6-4-3-5-7-14)21-11-10-17(22)15-8-9-18(24-2)16(20)12-15/h3-9,12-13,19,21,23H,10-11H2,1-2H3. The molecule has 0 saturated carbocycles. The van der Waals surface area contributed by atoms with Gasteiger partial charge in [0.1, 0.15) is 0 Å². The van der Waals surface area contributed by atoms with Crippen LogP contribution in [0.4, 0.5) is 4.39 Å². The lowest BCUT2D eigenvalue weighted by Gasteiger charge is -2.20. The first kappa shape index (κ1) is 18.1. The molecule has 0 amide bonds. The van der Waals surface area contributed by atoms with Crippen LogP contribution in [0.3, 0.4) is 0 Å². The number of ketones is 1. The van der Waals surface area contributed by atoms with E-state index in [-0.39, 0.29) is 24.0 Å². The SMILES string of the molecule is COc1ccc(C(=O)CCNC(C)C(O)c2ccccc2)cc1F. The Labute approximate surface area is 141 Å². The highest BCUT2D eigenvalue weighted by atomic mass is 19.1. The Kier molecular flexibility index (Phi) is 6.46. The van der Waals surface area contributed by atoms with Crippen molar-refractivity contribution < 1.29 is 19.0 Å². The van der Waals surface area contributed by atoms with Crippen LogP contribution in [0, 0.1) is 5.82 Å². The minimum atomic E-state index is -0.653. The minimum absolute atomic E-state index is 0.115. The van der Waals surface area contributed by atoms with Crippen molar-refractivity contribution in [3.63, 3.8) is 0 Å². The van der Waals surface area contributed by atoms with Crippen LogP contribution in [-0.4, -0.2) is 30.6 Å². The molecule has 0 saturated heterocycles. The highest BCUT2D eigenvalue weighted by Crippen LogP contribution is 2.19. The molecule has 0 aliphatic carbocycles. The number of nitrogens with one attached hydrogen (secondary N) is 1. The lowest BCUT2D eigenvalue weighted by atomic mass is 10.0. The van der Waals surface area contributed by atoms with Crippen molar-refractivity contribution in [2.24, 2.45) is 0 Å². The maximum atomic E-state index is 13.6. The Balaban J connectivity index is 1.85. The molecule has 0 heterocycles. The number of aliphatic hydroxyl groups excluding tert-OH is 1. The fraction of sp³-hybridized carbons (Fsp3) is 0.316. The fourth-order valence-electron chi connectivity index (χ4n) is 2.45. The van der Waals surface area contributed by atoms with Gasteiger partial charge in [-0.2, -0.15) is 0 Å². The molecule has 2 rings (SSSR count). The van der Waals surface area contributed by atoms with E-state index in [2.05, 4.69) is 5.32 Å². The second-order valence-corrected chi connectivity index (χ2v) is 5.62. The van der Waals surface area contributed by atoms with E-state index in [1.165, 1.54) is 19.2 Å². The lowest BCUT2D eigenvalue weighted by molar-refractivity contribution is 0.0971. The number of carbonyl (C=O) groups excluding carboxylic acids is 1. The Morgan fingerprint density at radius 1 is 1.25 bits per heavy atom. The molecule has 0 aromatic heterocycles. The number of ether oxygens (including phenoxy) is 1. The second-order valence-electron chi connectivity index (χ2n) is 5.62. The van der Waals surface area contributed by atoms with E-state index < -0.39 is 11.9 Å². The summed E-state index contributed by atoms with van der Waals surface area (Å²) in [4.78, 5) is 12.1. The van der Waals surface area contributed by atoms with Crippen molar-refractivity contribution in [3.05, 3.63) is 65.5 Å². The lowest BCUT2D eigenvalue weighted by Crippen LogP contribution is -2.33. The molecular formula is C19H22FNO3. The van der Waals surface area contributed by atoms with E-state index in [0.717, 1.165) is 5.56 Å². The normalized spacial score (nSPS) is 13.3. The van der Waals surface area contributed by atoms with Crippen LogP contribution in [0.15, 0.2) is 48.5 Å². The van der Waals surface area contributed by atoms with E-state index in [1.54, 1.807) is 6.07 Å². The van der Waals surface area contributed by atoms with Crippen LogP contribution in [0.2, 0.25) is 0 Å². The minimum Gasteiger partial charge on any atom is -0.494 e. The van der Waals surface area contributed by atoms with Gasteiger partial charge in [-0.25, -0.2) is 4.39 Å². The van der Waals surface area contributed by atoms with Gasteiger partial charge in [-0.05, 0) is 30.7 Å². The zero-order valence-electron chi connectivity index (χ0n) is 13.8. The third-order valence-electron chi connectivity index (χ3n) is 3.91. The Hall–Kier alpha value is -2.24. The van der Waals surface area contributed by atoms with Crippen LogP contribution >= 0.6 is 0 Å². The second kappa shape index (κ2) is 8.57. The van der Waals surface area contributed by atoms with Gasteiger partial charge in [0.25, 0.3) is 0 Å². The highest BCUT2D eigenvalue weighted by molar-refractivity contribution is 5.96. The monoisotopic (exact) mass is 331 g/mol. The van der Waals surface area contributed by atoms with Gasteiger partial charge in [0.2, 0.25) is 0 Å². The van der Waals surface area contributed by atoms with Crippen molar-refractivity contribution in [2.75, 3.05) is 13.7 Å². The summed E-state index contributed by atoms with van der Waals surface area (Å²) in [6.07, 6.45) is -0.433. The molecule has 2 aromatic rings. The molecule has 128 valence electrons. The molecule has 0 fully saturated rings. The number of benzene rings is 2. The molecular weight excluding hydrogens is 309 g/mol. The largest absolute Gasteiger partial charge is 0.494 e. The molecule has 0 bridgehead atoms. The quantitative estimate of drug-likeness (QED) is 0.730. The Bertz CT molecular complexity index is 676. The fourth-order valence-corrected chi connectivity index (χ4v) is 2.45. The average molecular weight is 331 g/mol. The Morgan fingerprint density at radius 3 is 2.58 bits per heavy atom. The molecule has 2 atom stereocenters. The van der Waals surface area contributed by atoms with Crippen molar-refractivity contribution in [2.45, 2.75) is 25.5 Å². The van der Waals surface area contributed by atoms with E-state index in [4.69, 9.17) is 4.74 Å². The van der Waals surface area contributed by atoms with Crippen LogP contribution < -0.4 is 10.1 Å². The van der Waals surface area contributed by atoms with Crippen LogP contribution in [0.1, 0.15) is 35.4 Å². The summed E-state index contributed by atoms with van der Waals surface area (Å²) in [7, 11) is 1.38. The molecule has 24 heavy (non-hydrogen) atoms. The van der Waals surface area contributed by atoms with Crippen molar-refractivity contribution >= 4 is 5.78 Å². The molecule has 5 heteroatoms. The number of hydrogen-bond acceptors (Lipinski definition) is 4. The van der Waals surface area contributed by atoms with E-state index in [9.17, 15) is 14.3 Å². The molecule has 2 unspecified atom stereocenters. The van der Waals surface area contributed by atoms with Gasteiger partial charge in [0.15, 0.2) is 17.3 Å². The van der Waals surface area contributed by atoms with Gasteiger partial charge in [0.05, 0.1) is 13.2 Å². The van der Waals surface area contributed by atoms with Crippen LogP contribution in [0.5, 0.6) is 5.75 Å². The first-order valence-electron chi connectivity index (χ1n) is 7.86. The molecule has 0 spiro atoms. The summed E-state index contributed by atoms with van der Waals surface area (Å²) in [6, 6.07) is 13.3. The van der Waals surface area contributed by atoms with Gasteiger partial charge in [-0.1, -0.05) is 30.3 Å². The summed E-state index contributed by atoms with van der Waals surface area (Å²) >= 11 is 0. The highest BCUT2D eigenvalue weighted by Gasteiger charge is 2.16. The smallest absolute Gasteiger partial charge is 0.165 e. The number of rotatable bonds is 8. The number of carbonyl (C=O) groups is 1. The third-order valence-corrected chi connectivity index (χ3v) is 3.91. The number of halogens is 1. The first-order chi connectivity index (χ1) is 11.5. The zero-order chi connectivity index (χ0) is 17.5.